The summed E-state index contributed by atoms with van der Waals surface area (Å²) in [6.07, 6.45) is 3.98. The zero-order valence-electron chi connectivity index (χ0n) is 11.1. The molecule has 0 aliphatic heterocycles. The molecule has 0 aromatic heterocycles. The Bertz CT molecular complexity index is 253. The minimum Gasteiger partial charge on any atom is -0.481 e. The van der Waals surface area contributed by atoms with Crippen molar-refractivity contribution in [2.75, 3.05) is 24.7 Å². The van der Waals surface area contributed by atoms with Crippen molar-refractivity contribution >= 4 is 17.7 Å². The highest BCUT2D eigenvalue weighted by Crippen LogP contribution is 2.51. The number of aliphatic hydroxyl groups excluding tert-OH is 1. The fraction of sp³-hybridized carbons (Fsp3) is 0.923. The Hall–Kier alpha value is -0.260. The maximum absolute atomic E-state index is 10.7. The van der Waals surface area contributed by atoms with Crippen molar-refractivity contribution in [3.8, 4) is 0 Å². The van der Waals surface area contributed by atoms with Crippen molar-refractivity contribution in [1.82, 2.24) is 0 Å². The van der Waals surface area contributed by atoms with Crippen LogP contribution in [-0.2, 0) is 9.53 Å². The third-order valence-corrected chi connectivity index (χ3v) is 4.59. The smallest absolute Gasteiger partial charge is 0.303 e. The van der Waals surface area contributed by atoms with Gasteiger partial charge in [0, 0.05) is 12.4 Å². The van der Waals surface area contributed by atoms with E-state index < -0.39 is 12.1 Å². The monoisotopic (exact) mass is 276 g/mol. The van der Waals surface area contributed by atoms with Crippen molar-refractivity contribution in [3.05, 3.63) is 0 Å². The van der Waals surface area contributed by atoms with Crippen LogP contribution in [0.2, 0.25) is 0 Å². The number of hydrogen-bond acceptors (Lipinski definition) is 4. The second-order valence-electron chi connectivity index (χ2n) is 5.17. The molecular weight excluding hydrogens is 252 g/mol. The third-order valence-electron chi connectivity index (χ3n) is 3.15. The van der Waals surface area contributed by atoms with Gasteiger partial charge in [-0.3, -0.25) is 4.79 Å². The topological polar surface area (TPSA) is 66.8 Å². The average molecular weight is 276 g/mol. The Morgan fingerprint density at radius 1 is 1.50 bits per heavy atom. The molecule has 5 heteroatoms. The van der Waals surface area contributed by atoms with Gasteiger partial charge in [0.15, 0.2) is 0 Å². The second kappa shape index (κ2) is 8.02. The lowest BCUT2D eigenvalue weighted by Crippen LogP contribution is -2.20. The van der Waals surface area contributed by atoms with Gasteiger partial charge in [0.05, 0.1) is 19.1 Å². The Balaban J connectivity index is 2.01. The van der Waals surface area contributed by atoms with Crippen molar-refractivity contribution < 1.29 is 19.7 Å². The maximum atomic E-state index is 10.7. The summed E-state index contributed by atoms with van der Waals surface area (Å²) in [5, 5.41) is 18.5. The van der Waals surface area contributed by atoms with Crippen molar-refractivity contribution in [2.24, 2.45) is 5.41 Å². The van der Waals surface area contributed by atoms with Gasteiger partial charge in [-0.15, -0.1) is 0 Å². The summed E-state index contributed by atoms with van der Waals surface area (Å²) in [5.74, 6) is 0.760. The van der Waals surface area contributed by atoms with E-state index in [4.69, 9.17) is 9.84 Å². The number of ether oxygens (including phenoxy) is 1. The van der Waals surface area contributed by atoms with Gasteiger partial charge in [-0.2, -0.15) is 11.8 Å². The number of carbonyl (C=O) groups is 1. The largest absolute Gasteiger partial charge is 0.481 e. The molecule has 1 aliphatic rings. The maximum Gasteiger partial charge on any atom is 0.303 e. The molecule has 2 N–H and O–H groups in total. The number of unbranched alkanes of at least 4 members (excludes halogenated alkanes) is 1. The van der Waals surface area contributed by atoms with Gasteiger partial charge in [0.1, 0.15) is 0 Å². The van der Waals surface area contributed by atoms with Gasteiger partial charge >= 0.3 is 5.97 Å². The van der Waals surface area contributed by atoms with E-state index in [1.54, 1.807) is 11.8 Å². The molecule has 0 aromatic carbocycles. The minimum atomic E-state index is -0.712. The molecular formula is C13H24O4S. The molecule has 1 unspecified atom stereocenters. The highest BCUT2D eigenvalue weighted by Gasteiger charge is 2.44. The van der Waals surface area contributed by atoms with E-state index in [2.05, 4.69) is 6.92 Å². The Kier molecular flexibility index (Phi) is 7.04. The van der Waals surface area contributed by atoms with Crippen LogP contribution in [-0.4, -0.2) is 47.0 Å². The molecule has 1 aliphatic carbocycles. The fourth-order valence-electron chi connectivity index (χ4n) is 1.80. The van der Waals surface area contributed by atoms with Gasteiger partial charge in [0.25, 0.3) is 0 Å². The Labute approximate surface area is 113 Å². The minimum absolute atomic E-state index is 0.0132. The normalized spacial score (nSPS) is 18.6. The molecule has 0 radical (unpaired) electrons. The molecule has 0 bridgehead atoms. The van der Waals surface area contributed by atoms with E-state index in [1.807, 2.05) is 0 Å². The van der Waals surface area contributed by atoms with Crippen LogP contribution in [0.5, 0.6) is 0 Å². The number of aliphatic carboxylic acids is 1. The zero-order valence-corrected chi connectivity index (χ0v) is 11.9. The Morgan fingerprint density at radius 2 is 2.22 bits per heavy atom. The van der Waals surface area contributed by atoms with Crippen molar-refractivity contribution in [1.29, 1.82) is 0 Å². The van der Waals surface area contributed by atoms with Crippen LogP contribution < -0.4 is 0 Å². The van der Waals surface area contributed by atoms with Gasteiger partial charge in [0.2, 0.25) is 0 Å². The second-order valence-corrected chi connectivity index (χ2v) is 6.20. The van der Waals surface area contributed by atoms with Gasteiger partial charge in [-0.05, 0) is 30.4 Å². The summed E-state index contributed by atoms with van der Waals surface area (Å²) in [6, 6.07) is 0. The van der Waals surface area contributed by atoms with Gasteiger partial charge in [-0.1, -0.05) is 13.3 Å². The van der Waals surface area contributed by atoms with Crippen LogP contribution in [0.3, 0.4) is 0 Å². The predicted octanol–water partition coefficient (Wildman–Crippen LogP) is 2.15. The molecule has 4 nitrogen and oxygen atoms in total. The lowest BCUT2D eigenvalue weighted by molar-refractivity contribution is -0.138. The summed E-state index contributed by atoms with van der Waals surface area (Å²) in [5.41, 5.74) is 0.0132. The summed E-state index contributed by atoms with van der Waals surface area (Å²) in [6.45, 7) is 3.20. The number of carboxylic acids is 1. The lowest BCUT2D eigenvalue weighted by atomic mass is 10.1. The summed E-state index contributed by atoms with van der Waals surface area (Å²) >= 11 is 1.64. The molecule has 0 amide bonds. The average Bonchev–Trinajstić information content (AvgIpc) is 3.03. The van der Waals surface area contributed by atoms with E-state index in [0.717, 1.165) is 31.4 Å². The molecule has 106 valence electrons. The molecule has 0 saturated heterocycles. The fourth-order valence-corrected chi connectivity index (χ4v) is 3.10. The highest BCUT2D eigenvalue weighted by atomic mass is 32.2. The van der Waals surface area contributed by atoms with Gasteiger partial charge < -0.3 is 14.9 Å². The van der Waals surface area contributed by atoms with Crippen LogP contribution in [0.25, 0.3) is 0 Å². The van der Waals surface area contributed by atoms with Gasteiger partial charge in [-0.25, -0.2) is 0 Å². The molecule has 1 rings (SSSR count). The first-order chi connectivity index (χ1) is 8.58. The van der Waals surface area contributed by atoms with Crippen LogP contribution in [0, 0.1) is 5.41 Å². The van der Waals surface area contributed by atoms with Crippen molar-refractivity contribution in [3.63, 3.8) is 0 Å². The first-order valence-corrected chi connectivity index (χ1v) is 7.79. The number of rotatable bonds is 11. The quantitative estimate of drug-likeness (QED) is 0.566. The first-order valence-electron chi connectivity index (χ1n) is 6.63. The first kappa shape index (κ1) is 15.8. The number of hydrogen-bond donors (Lipinski definition) is 2. The molecule has 0 aromatic rings. The SMILES string of the molecule is CCCCOCC(O)CSCC1(CC(=O)O)CC1. The predicted molar refractivity (Wildman–Crippen MR) is 73.0 cm³/mol. The molecule has 1 fully saturated rings. The summed E-state index contributed by atoms with van der Waals surface area (Å²) in [4.78, 5) is 10.7. The van der Waals surface area contributed by atoms with Crippen LogP contribution in [0.15, 0.2) is 0 Å². The highest BCUT2D eigenvalue weighted by molar-refractivity contribution is 7.99. The third kappa shape index (κ3) is 6.61. The molecule has 1 saturated carbocycles. The molecule has 0 spiro atoms. The number of carboxylic acid groups (broad SMARTS) is 1. The van der Waals surface area contributed by atoms with Crippen LogP contribution in [0.4, 0.5) is 0 Å². The van der Waals surface area contributed by atoms with Crippen molar-refractivity contribution in [2.45, 2.75) is 45.1 Å². The van der Waals surface area contributed by atoms with E-state index in [-0.39, 0.29) is 11.8 Å². The molecule has 0 heterocycles. The van der Waals surface area contributed by atoms with E-state index in [0.29, 0.717) is 19.0 Å². The Morgan fingerprint density at radius 3 is 2.78 bits per heavy atom. The summed E-state index contributed by atoms with van der Waals surface area (Å²) in [7, 11) is 0. The van der Waals surface area contributed by atoms with E-state index in [1.165, 1.54) is 0 Å². The zero-order chi connectivity index (χ0) is 13.4. The van der Waals surface area contributed by atoms with Crippen LogP contribution >= 0.6 is 11.8 Å². The van der Waals surface area contributed by atoms with E-state index >= 15 is 0 Å². The van der Waals surface area contributed by atoms with Crippen LogP contribution in [0.1, 0.15) is 39.0 Å². The molecule has 1 atom stereocenters. The summed E-state index contributed by atoms with van der Waals surface area (Å²) < 4.78 is 5.34. The number of aliphatic hydroxyl groups is 1. The van der Waals surface area contributed by atoms with E-state index in [9.17, 15) is 9.90 Å². The lowest BCUT2D eigenvalue weighted by Gasteiger charge is -2.14. The molecule has 18 heavy (non-hydrogen) atoms. The standard InChI is InChI=1S/C13H24O4S/c1-2-3-6-17-8-11(14)9-18-10-13(4-5-13)7-12(15)16/h11,14H,2-10H2,1H3,(H,15,16). The number of thioether (sulfide) groups is 1.